The van der Waals surface area contributed by atoms with Crippen LogP contribution in [0, 0.1) is 3.57 Å². The monoisotopic (exact) mass is 692 g/mol. The Morgan fingerprint density at radius 3 is 2.46 bits per heavy atom. The SMILES string of the molecule is CCOc1cc(/C=C2\SC(=O)N(CC(=O)Nc3ccc(I)cc3)C2=O)ccc1OCc1ccc(Br)cc1. The van der Waals surface area contributed by atoms with E-state index in [1.165, 1.54) is 0 Å². The smallest absolute Gasteiger partial charge is 0.294 e. The van der Waals surface area contributed by atoms with Crippen LogP contribution in [0.15, 0.2) is 76.1 Å². The number of amides is 3. The van der Waals surface area contributed by atoms with Gasteiger partial charge in [-0.1, -0.05) is 34.1 Å². The minimum atomic E-state index is -0.513. The number of thioether (sulfide) groups is 1. The molecule has 0 saturated carbocycles. The molecule has 1 saturated heterocycles. The predicted octanol–water partition coefficient (Wildman–Crippen LogP) is 6.71. The predicted molar refractivity (Wildman–Crippen MR) is 157 cm³/mol. The number of imide groups is 1. The molecule has 190 valence electrons. The number of hydrogen-bond donors (Lipinski definition) is 1. The molecule has 10 heteroatoms. The van der Waals surface area contributed by atoms with Gasteiger partial charge < -0.3 is 14.8 Å². The molecule has 7 nitrogen and oxygen atoms in total. The number of ether oxygens (including phenoxy) is 2. The number of carbonyl (C=O) groups excluding carboxylic acids is 3. The molecule has 1 aliphatic rings. The van der Waals surface area contributed by atoms with Gasteiger partial charge in [-0.15, -0.1) is 0 Å². The minimum Gasteiger partial charge on any atom is -0.490 e. The van der Waals surface area contributed by atoms with Crippen molar-refractivity contribution in [3.8, 4) is 11.5 Å². The molecule has 3 amide bonds. The minimum absolute atomic E-state index is 0.234. The zero-order chi connectivity index (χ0) is 26.4. The van der Waals surface area contributed by atoms with E-state index in [1.54, 1.807) is 36.4 Å². The molecular weight excluding hydrogens is 671 g/mol. The van der Waals surface area contributed by atoms with Crippen LogP contribution in [-0.2, 0) is 16.2 Å². The molecule has 0 bridgehead atoms. The van der Waals surface area contributed by atoms with Gasteiger partial charge in [0.2, 0.25) is 5.91 Å². The average molecular weight is 693 g/mol. The van der Waals surface area contributed by atoms with E-state index < -0.39 is 17.1 Å². The number of rotatable bonds is 9. The summed E-state index contributed by atoms with van der Waals surface area (Å²) in [5, 5.41) is 2.21. The lowest BCUT2D eigenvalue weighted by molar-refractivity contribution is -0.127. The first-order valence-corrected chi connectivity index (χ1v) is 14.0. The van der Waals surface area contributed by atoms with E-state index in [0.29, 0.717) is 36.0 Å². The second kappa shape index (κ2) is 12.6. The van der Waals surface area contributed by atoms with Crippen molar-refractivity contribution in [1.29, 1.82) is 0 Å². The molecule has 0 spiro atoms. The van der Waals surface area contributed by atoms with Gasteiger partial charge in [0, 0.05) is 13.7 Å². The maximum absolute atomic E-state index is 12.9. The van der Waals surface area contributed by atoms with Crippen molar-refractivity contribution >= 4 is 79.1 Å². The molecule has 1 fully saturated rings. The first-order valence-electron chi connectivity index (χ1n) is 11.3. The Kier molecular flexibility index (Phi) is 9.28. The van der Waals surface area contributed by atoms with E-state index >= 15 is 0 Å². The largest absolute Gasteiger partial charge is 0.490 e. The van der Waals surface area contributed by atoms with Gasteiger partial charge >= 0.3 is 0 Å². The maximum atomic E-state index is 12.9. The van der Waals surface area contributed by atoms with Crippen LogP contribution < -0.4 is 14.8 Å². The Morgan fingerprint density at radius 2 is 1.76 bits per heavy atom. The van der Waals surface area contributed by atoms with Crippen molar-refractivity contribution in [2.45, 2.75) is 13.5 Å². The van der Waals surface area contributed by atoms with Crippen molar-refractivity contribution in [3.05, 3.63) is 90.8 Å². The van der Waals surface area contributed by atoms with Crippen LogP contribution in [0.3, 0.4) is 0 Å². The Morgan fingerprint density at radius 1 is 1.03 bits per heavy atom. The molecule has 3 aromatic carbocycles. The van der Waals surface area contributed by atoms with Crippen molar-refractivity contribution < 1.29 is 23.9 Å². The van der Waals surface area contributed by atoms with Crippen LogP contribution in [0.2, 0.25) is 0 Å². The van der Waals surface area contributed by atoms with Gasteiger partial charge in [0.1, 0.15) is 13.2 Å². The van der Waals surface area contributed by atoms with Crippen LogP contribution in [0.1, 0.15) is 18.1 Å². The molecule has 0 unspecified atom stereocenters. The first kappa shape index (κ1) is 27.2. The van der Waals surface area contributed by atoms with Gasteiger partial charge in [-0.05, 0) is 107 Å². The van der Waals surface area contributed by atoms with Gasteiger partial charge in [-0.2, -0.15) is 0 Å². The lowest BCUT2D eigenvalue weighted by atomic mass is 10.1. The summed E-state index contributed by atoms with van der Waals surface area (Å²) in [7, 11) is 0. The highest BCUT2D eigenvalue weighted by Crippen LogP contribution is 2.35. The van der Waals surface area contributed by atoms with Crippen LogP contribution >= 0.6 is 50.3 Å². The fourth-order valence-electron chi connectivity index (χ4n) is 3.41. The van der Waals surface area contributed by atoms with Gasteiger partial charge in [0.25, 0.3) is 11.1 Å². The molecule has 0 aliphatic carbocycles. The fourth-order valence-corrected chi connectivity index (χ4v) is 4.87. The molecule has 0 radical (unpaired) electrons. The lowest BCUT2D eigenvalue weighted by Crippen LogP contribution is -2.36. The van der Waals surface area contributed by atoms with Crippen molar-refractivity contribution in [1.82, 2.24) is 4.90 Å². The zero-order valence-corrected chi connectivity index (χ0v) is 24.3. The summed E-state index contributed by atoms with van der Waals surface area (Å²) in [6, 6.07) is 20.4. The molecule has 37 heavy (non-hydrogen) atoms. The van der Waals surface area contributed by atoms with E-state index in [1.807, 2.05) is 43.3 Å². The normalized spacial score (nSPS) is 14.2. The number of halogens is 2. The lowest BCUT2D eigenvalue weighted by Gasteiger charge is -2.13. The number of carbonyl (C=O) groups is 3. The van der Waals surface area contributed by atoms with E-state index in [2.05, 4.69) is 43.8 Å². The highest BCUT2D eigenvalue weighted by atomic mass is 127. The summed E-state index contributed by atoms with van der Waals surface area (Å²) in [4.78, 5) is 39.0. The van der Waals surface area contributed by atoms with E-state index in [4.69, 9.17) is 9.47 Å². The van der Waals surface area contributed by atoms with Gasteiger partial charge in [-0.3, -0.25) is 19.3 Å². The van der Waals surface area contributed by atoms with Gasteiger partial charge in [0.15, 0.2) is 11.5 Å². The molecule has 3 aromatic rings. The Hall–Kier alpha value is -2.83. The summed E-state index contributed by atoms with van der Waals surface area (Å²) in [6.45, 7) is 2.32. The van der Waals surface area contributed by atoms with E-state index in [9.17, 15) is 14.4 Å². The molecule has 1 aliphatic heterocycles. The zero-order valence-electron chi connectivity index (χ0n) is 19.7. The summed E-state index contributed by atoms with van der Waals surface area (Å²) in [5.74, 6) is 0.142. The third-order valence-electron chi connectivity index (χ3n) is 5.18. The average Bonchev–Trinajstić information content (AvgIpc) is 3.13. The molecule has 0 aromatic heterocycles. The second-order valence-corrected chi connectivity index (χ2v) is 11.0. The summed E-state index contributed by atoms with van der Waals surface area (Å²) in [5.41, 5.74) is 2.28. The molecule has 0 atom stereocenters. The molecular formula is C27H22BrIN2O5S. The van der Waals surface area contributed by atoms with Crippen LogP contribution in [0.4, 0.5) is 10.5 Å². The molecule has 1 N–H and O–H groups in total. The summed E-state index contributed by atoms with van der Waals surface area (Å²) in [6.07, 6.45) is 1.61. The third-order valence-corrected chi connectivity index (χ3v) is 7.33. The molecule has 1 heterocycles. The third kappa shape index (κ3) is 7.36. The standard InChI is InChI=1S/C27H22BrIN2O5S/c1-2-35-23-13-18(5-12-22(23)36-16-17-3-6-19(28)7-4-17)14-24-26(33)31(27(34)37-24)15-25(32)30-21-10-8-20(29)9-11-21/h3-14H,2,15-16H2,1H3,(H,30,32)/b24-14-. The summed E-state index contributed by atoms with van der Waals surface area (Å²) < 4.78 is 13.7. The fraction of sp³-hybridized carbons (Fsp3) is 0.148. The number of anilines is 1. The Balaban J connectivity index is 1.44. The maximum Gasteiger partial charge on any atom is 0.294 e. The first-order chi connectivity index (χ1) is 17.8. The molecule has 4 rings (SSSR count). The Bertz CT molecular complexity index is 1350. The summed E-state index contributed by atoms with van der Waals surface area (Å²) >= 11 is 6.39. The van der Waals surface area contributed by atoms with Crippen LogP contribution in [0.25, 0.3) is 6.08 Å². The number of nitrogens with one attached hydrogen (secondary N) is 1. The van der Waals surface area contributed by atoms with E-state index in [0.717, 1.165) is 30.3 Å². The topological polar surface area (TPSA) is 84.9 Å². The van der Waals surface area contributed by atoms with Crippen LogP contribution in [-0.4, -0.2) is 35.1 Å². The van der Waals surface area contributed by atoms with Crippen molar-refractivity contribution in [2.75, 3.05) is 18.5 Å². The number of nitrogens with zero attached hydrogens (tertiary/aromatic N) is 1. The van der Waals surface area contributed by atoms with Gasteiger partial charge in [0.05, 0.1) is 11.5 Å². The van der Waals surface area contributed by atoms with E-state index in [-0.39, 0.29) is 11.4 Å². The van der Waals surface area contributed by atoms with Gasteiger partial charge in [-0.25, -0.2) is 0 Å². The number of benzene rings is 3. The second-order valence-electron chi connectivity index (χ2n) is 7.88. The quantitative estimate of drug-likeness (QED) is 0.198. The van der Waals surface area contributed by atoms with Crippen molar-refractivity contribution in [2.24, 2.45) is 0 Å². The Labute approximate surface area is 240 Å². The number of hydrogen-bond acceptors (Lipinski definition) is 6. The highest BCUT2D eigenvalue weighted by molar-refractivity contribution is 14.1. The van der Waals surface area contributed by atoms with Crippen LogP contribution in [0.5, 0.6) is 11.5 Å². The highest BCUT2D eigenvalue weighted by Gasteiger charge is 2.36. The van der Waals surface area contributed by atoms with Crippen molar-refractivity contribution in [3.63, 3.8) is 0 Å².